The predicted molar refractivity (Wildman–Crippen MR) is 59.0 cm³/mol. The summed E-state index contributed by atoms with van der Waals surface area (Å²) in [7, 11) is 0. The fraction of sp³-hybridized carbons (Fsp3) is 1.00. The highest BCUT2D eigenvalue weighted by Gasteiger charge is 2.41. The van der Waals surface area contributed by atoms with Gasteiger partial charge in [0.2, 0.25) is 0 Å². The Morgan fingerprint density at radius 3 is 2.64 bits per heavy atom. The molecule has 2 aliphatic carbocycles. The number of fused-ring (bicyclic) bond motifs is 1. The van der Waals surface area contributed by atoms with Crippen molar-refractivity contribution < 1.29 is 5.11 Å². The number of aliphatic hydroxyl groups excluding tert-OH is 1. The second-order valence-electron chi connectivity index (χ2n) is 5.46. The molecule has 0 heterocycles. The first-order valence-electron chi connectivity index (χ1n) is 6.42. The SMILES string of the molecule is CCC1C(C)CCC2CCC[C@H](O)C21. The molecule has 1 N–H and O–H groups in total. The van der Waals surface area contributed by atoms with Crippen LogP contribution in [0.25, 0.3) is 0 Å². The van der Waals surface area contributed by atoms with Gasteiger partial charge in [0.05, 0.1) is 6.10 Å². The van der Waals surface area contributed by atoms with Gasteiger partial charge in [-0.1, -0.05) is 33.1 Å². The quantitative estimate of drug-likeness (QED) is 0.682. The zero-order valence-electron chi connectivity index (χ0n) is 9.58. The van der Waals surface area contributed by atoms with E-state index >= 15 is 0 Å². The largest absolute Gasteiger partial charge is 0.393 e. The molecule has 5 atom stereocenters. The minimum atomic E-state index is 0.0152. The predicted octanol–water partition coefficient (Wildman–Crippen LogP) is 3.22. The summed E-state index contributed by atoms with van der Waals surface area (Å²) in [6.45, 7) is 4.68. The number of hydrogen-bond donors (Lipinski definition) is 1. The fourth-order valence-corrected chi connectivity index (χ4v) is 4.00. The van der Waals surface area contributed by atoms with Crippen molar-refractivity contribution in [3.05, 3.63) is 0 Å². The summed E-state index contributed by atoms with van der Waals surface area (Å²) in [5.41, 5.74) is 0. The van der Waals surface area contributed by atoms with E-state index < -0.39 is 0 Å². The number of aliphatic hydroxyl groups is 1. The minimum absolute atomic E-state index is 0.0152. The Labute approximate surface area is 87.9 Å². The summed E-state index contributed by atoms with van der Waals surface area (Å²) in [6, 6.07) is 0. The monoisotopic (exact) mass is 196 g/mol. The molecule has 2 fully saturated rings. The van der Waals surface area contributed by atoms with Crippen molar-refractivity contribution >= 4 is 0 Å². The minimum Gasteiger partial charge on any atom is -0.393 e. The van der Waals surface area contributed by atoms with Crippen molar-refractivity contribution in [1.82, 2.24) is 0 Å². The van der Waals surface area contributed by atoms with Crippen LogP contribution in [0.4, 0.5) is 0 Å². The Morgan fingerprint density at radius 2 is 1.93 bits per heavy atom. The third-order valence-electron chi connectivity index (χ3n) is 4.75. The summed E-state index contributed by atoms with van der Waals surface area (Å²) < 4.78 is 0. The smallest absolute Gasteiger partial charge is 0.0573 e. The molecule has 0 saturated heterocycles. The van der Waals surface area contributed by atoms with Gasteiger partial charge < -0.3 is 5.11 Å². The van der Waals surface area contributed by atoms with Crippen LogP contribution in [0.2, 0.25) is 0 Å². The normalized spacial score (nSPS) is 48.6. The van der Waals surface area contributed by atoms with Crippen molar-refractivity contribution in [2.75, 3.05) is 0 Å². The van der Waals surface area contributed by atoms with E-state index in [1.807, 2.05) is 0 Å². The standard InChI is InChI=1S/C13H24O/c1-3-11-9(2)7-8-10-5-4-6-12(14)13(10)11/h9-14H,3-8H2,1-2H3/t9?,10?,11?,12-,13?/m0/s1. The second-order valence-corrected chi connectivity index (χ2v) is 5.46. The van der Waals surface area contributed by atoms with Crippen molar-refractivity contribution in [2.45, 2.75) is 58.5 Å². The molecule has 1 nitrogen and oxygen atoms in total. The lowest BCUT2D eigenvalue weighted by molar-refractivity contribution is -0.0443. The van der Waals surface area contributed by atoms with E-state index in [1.54, 1.807) is 0 Å². The first-order valence-corrected chi connectivity index (χ1v) is 6.42. The van der Waals surface area contributed by atoms with Crippen LogP contribution in [0.1, 0.15) is 52.4 Å². The molecule has 2 rings (SSSR count). The van der Waals surface area contributed by atoms with Gasteiger partial charge in [-0.05, 0) is 42.9 Å². The molecule has 0 aliphatic heterocycles. The summed E-state index contributed by atoms with van der Waals surface area (Å²) in [5.74, 6) is 3.12. The molecule has 0 radical (unpaired) electrons. The van der Waals surface area contributed by atoms with Gasteiger partial charge in [-0.25, -0.2) is 0 Å². The Kier molecular flexibility index (Phi) is 3.16. The summed E-state index contributed by atoms with van der Waals surface area (Å²) >= 11 is 0. The third-order valence-corrected chi connectivity index (χ3v) is 4.75. The van der Waals surface area contributed by atoms with Gasteiger partial charge in [0, 0.05) is 0 Å². The molecule has 0 aromatic carbocycles. The Balaban J connectivity index is 2.12. The summed E-state index contributed by atoms with van der Waals surface area (Å²) in [6.07, 6.45) is 7.75. The average molecular weight is 196 g/mol. The molecular weight excluding hydrogens is 172 g/mol. The lowest BCUT2D eigenvalue weighted by Crippen LogP contribution is -2.43. The van der Waals surface area contributed by atoms with Crippen LogP contribution < -0.4 is 0 Å². The van der Waals surface area contributed by atoms with Crippen molar-refractivity contribution in [2.24, 2.45) is 23.7 Å². The summed E-state index contributed by atoms with van der Waals surface area (Å²) in [5, 5.41) is 10.1. The van der Waals surface area contributed by atoms with Crippen molar-refractivity contribution in [1.29, 1.82) is 0 Å². The molecule has 0 bridgehead atoms. The Morgan fingerprint density at radius 1 is 1.14 bits per heavy atom. The fourth-order valence-electron chi connectivity index (χ4n) is 4.00. The molecule has 0 aromatic heterocycles. The highest BCUT2D eigenvalue weighted by molar-refractivity contribution is 4.91. The van der Waals surface area contributed by atoms with Crippen LogP contribution in [0, 0.1) is 23.7 Å². The van der Waals surface area contributed by atoms with Crippen molar-refractivity contribution in [3.63, 3.8) is 0 Å². The molecule has 4 unspecified atom stereocenters. The second kappa shape index (κ2) is 4.22. The summed E-state index contributed by atoms with van der Waals surface area (Å²) in [4.78, 5) is 0. The van der Waals surface area contributed by atoms with E-state index in [0.29, 0.717) is 5.92 Å². The van der Waals surface area contributed by atoms with E-state index in [0.717, 1.165) is 24.2 Å². The molecule has 0 aromatic rings. The molecular formula is C13H24O. The zero-order valence-corrected chi connectivity index (χ0v) is 9.58. The van der Waals surface area contributed by atoms with Crippen LogP contribution in [0.5, 0.6) is 0 Å². The lowest BCUT2D eigenvalue weighted by Gasteiger charge is -2.47. The van der Waals surface area contributed by atoms with E-state index in [9.17, 15) is 5.11 Å². The van der Waals surface area contributed by atoms with Gasteiger partial charge in [-0.3, -0.25) is 0 Å². The highest BCUT2D eigenvalue weighted by atomic mass is 16.3. The Bertz CT molecular complexity index is 190. The molecule has 82 valence electrons. The van der Waals surface area contributed by atoms with E-state index in [2.05, 4.69) is 13.8 Å². The van der Waals surface area contributed by atoms with Crippen LogP contribution >= 0.6 is 0 Å². The molecule has 0 amide bonds. The molecule has 2 saturated carbocycles. The van der Waals surface area contributed by atoms with E-state index in [1.165, 1.54) is 32.1 Å². The number of hydrogen-bond acceptors (Lipinski definition) is 1. The maximum Gasteiger partial charge on any atom is 0.0573 e. The number of rotatable bonds is 1. The molecule has 1 heteroatoms. The Hall–Kier alpha value is -0.0400. The first-order chi connectivity index (χ1) is 6.74. The third kappa shape index (κ3) is 1.71. The van der Waals surface area contributed by atoms with E-state index in [4.69, 9.17) is 0 Å². The zero-order chi connectivity index (χ0) is 10.1. The maximum absolute atomic E-state index is 10.1. The van der Waals surface area contributed by atoms with Crippen LogP contribution in [0.15, 0.2) is 0 Å². The van der Waals surface area contributed by atoms with Gasteiger partial charge >= 0.3 is 0 Å². The molecule has 0 spiro atoms. The van der Waals surface area contributed by atoms with Gasteiger partial charge in [0.25, 0.3) is 0 Å². The molecule has 2 aliphatic rings. The van der Waals surface area contributed by atoms with Crippen LogP contribution in [0.3, 0.4) is 0 Å². The average Bonchev–Trinajstić information content (AvgIpc) is 2.19. The van der Waals surface area contributed by atoms with Crippen LogP contribution in [-0.4, -0.2) is 11.2 Å². The van der Waals surface area contributed by atoms with Gasteiger partial charge in [-0.2, -0.15) is 0 Å². The maximum atomic E-state index is 10.1. The highest BCUT2D eigenvalue weighted by Crippen LogP contribution is 2.47. The van der Waals surface area contributed by atoms with Crippen molar-refractivity contribution in [3.8, 4) is 0 Å². The lowest BCUT2D eigenvalue weighted by atomic mass is 9.60. The van der Waals surface area contributed by atoms with E-state index in [-0.39, 0.29) is 6.10 Å². The van der Waals surface area contributed by atoms with Gasteiger partial charge in [0.1, 0.15) is 0 Å². The molecule has 14 heavy (non-hydrogen) atoms. The van der Waals surface area contributed by atoms with Gasteiger partial charge in [0.15, 0.2) is 0 Å². The van der Waals surface area contributed by atoms with Gasteiger partial charge in [-0.15, -0.1) is 0 Å². The first kappa shape index (κ1) is 10.5. The van der Waals surface area contributed by atoms with Crippen LogP contribution in [-0.2, 0) is 0 Å². The topological polar surface area (TPSA) is 20.2 Å².